The second kappa shape index (κ2) is 5.58. The molecule has 2 N–H and O–H groups in total. The molecule has 1 atom stereocenters. The predicted molar refractivity (Wildman–Crippen MR) is 83.3 cm³/mol. The first-order chi connectivity index (χ1) is 9.02. The van der Waals surface area contributed by atoms with E-state index in [9.17, 15) is 0 Å². The van der Waals surface area contributed by atoms with E-state index in [4.69, 9.17) is 5.73 Å². The van der Waals surface area contributed by atoms with E-state index in [1.165, 1.54) is 33.4 Å². The maximum Gasteiger partial charge on any atom is 0.0292 e. The predicted octanol–water partition coefficient (Wildman–Crippen LogP) is 4.69. The van der Waals surface area contributed by atoms with Crippen molar-refractivity contribution in [2.75, 3.05) is 0 Å². The van der Waals surface area contributed by atoms with Crippen LogP contribution < -0.4 is 5.73 Å². The van der Waals surface area contributed by atoms with Gasteiger partial charge in [0.05, 0.1) is 0 Å². The maximum atomic E-state index is 6.06. The number of hydrogen-bond acceptors (Lipinski definition) is 1. The molecular weight excluding hydrogens is 230 g/mol. The highest BCUT2D eigenvalue weighted by atomic mass is 14.6. The lowest BCUT2D eigenvalue weighted by atomic mass is 9.92. The molecule has 0 bridgehead atoms. The van der Waals surface area contributed by atoms with Gasteiger partial charge >= 0.3 is 0 Å². The van der Waals surface area contributed by atoms with Gasteiger partial charge in [0.1, 0.15) is 0 Å². The number of aryl methyl sites for hydroxylation is 3. The molecule has 0 fully saturated rings. The van der Waals surface area contributed by atoms with Crippen LogP contribution in [0.1, 0.15) is 41.6 Å². The lowest BCUT2D eigenvalue weighted by molar-refractivity contribution is 0.699. The van der Waals surface area contributed by atoms with Crippen molar-refractivity contribution in [3.63, 3.8) is 0 Å². The molecule has 0 radical (unpaired) electrons. The fourth-order valence-corrected chi connectivity index (χ4v) is 2.77. The molecule has 2 aromatic rings. The van der Waals surface area contributed by atoms with Crippen molar-refractivity contribution in [1.29, 1.82) is 0 Å². The smallest absolute Gasteiger partial charge is 0.0292 e. The molecule has 0 aliphatic carbocycles. The van der Waals surface area contributed by atoms with E-state index in [1.807, 2.05) is 0 Å². The van der Waals surface area contributed by atoms with Crippen LogP contribution in [0.3, 0.4) is 0 Å². The average Bonchev–Trinajstić information content (AvgIpc) is 2.37. The Morgan fingerprint density at radius 1 is 0.947 bits per heavy atom. The molecule has 0 aliphatic heterocycles. The molecule has 2 aromatic carbocycles. The summed E-state index contributed by atoms with van der Waals surface area (Å²) >= 11 is 0. The minimum Gasteiger partial charge on any atom is -0.324 e. The zero-order chi connectivity index (χ0) is 14.0. The molecule has 1 unspecified atom stereocenters. The van der Waals surface area contributed by atoms with Crippen LogP contribution in [0.4, 0.5) is 0 Å². The second-order valence-electron chi connectivity index (χ2n) is 5.41. The molecule has 100 valence electrons. The maximum absolute atomic E-state index is 6.06. The van der Waals surface area contributed by atoms with Crippen LogP contribution in [0.5, 0.6) is 0 Å². The van der Waals surface area contributed by atoms with Gasteiger partial charge in [0.25, 0.3) is 0 Å². The van der Waals surface area contributed by atoms with Gasteiger partial charge in [0.2, 0.25) is 0 Å². The number of nitrogens with two attached hydrogens (primary N) is 1. The first kappa shape index (κ1) is 13.8. The quantitative estimate of drug-likeness (QED) is 0.843. The van der Waals surface area contributed by atoms with Crippen molar-refractivity contribution in [2.45, 2.75) is 40.2 Å². The van der Waals surface area contributed by atoms with Crippen LogP contribution in [0, 0.1) is 20.8 Å². The van der Waals surface area contributed by atoms with Crippen molar-refractivity contribution in [3.8, 4) is 11.1 Å². The highest BCUT2D eigenvalue weighted by Gasteiger charge is 2.08. The zero-order valence-electron chi connectivity index (χ0n) is 12.3. The largest absolute Gasteiger partial charge is 0.324 e. The molecule has 19 heavy (non-hydrogen) atoms. The van der Waals surface area contributed by atoms with E-state index < -0.39 is 0 Å². The third-order valence-electron chi connectivity index (χ3n) is 3.74. The van der Waals surface area contributed by atoms with Gasteiger partial charge in [0.15, 0.2) is 0 Å². The molecule has 1 heteroatoms. The minimum atomic E-state index is 0.147. The van der Waals surface area contributed by atoms with Gasteiger partial charge in [-0.15, -0.1) is 0 Å². The highest BCUT2D eigenvalue weighted by molar-refractivity contribution is 5.71. The summed E-state index contributed by atoms with van der Waals surface area (Å²) in [5, 5.41) is 0. The lowest BCUT2D eigenvalue weighted by Crippen LogP contribution is -2.08. The Kier molecular flexibility index (Phi) is 4.06. The summed E-state index contributed by atoms with van der Waals surface area (Å²) in [6, 6.07) is 13.3. The molecule has 0 saturated carbocycles. The third-order valence-corrected chi connectivity index (χ3v) is 3.74. The number of benzene rings is 2. The Balaban J connectivity index is 2.43. The standard InChI is InChI=1S/C18H23N/c1-5-17(19)15-6-8-16(9-7-15)18-13(3)10-12(2)11-14(18)4/h6-11,17H,5,19H2,1-4H3. The Labute approximate surface area is 116 Å². The summed E-state index contributed by atoms with van der Waals surface area (Å²) in [6.45, 7) is 8.63. The molecule has 0 spiro atoms. The van der Waals surface area contributed by atoms with Crippen LogP contribution in [0.2, 0.25) is 0 Å². The Hall–Kier alpha value is -1.60. The third kappa shape index (κ3) is 2.87. The van der Waals surface area contributed by atoms with Gasteiger partial charge in [-0.1, -0.05) is 48.9 Å². The Morgan fingerprint density at radius 3 is 1.95 bits per heavy atom. The average molecular weight is 253 g/mol. The van der Waals surface area contributed by atoms with Gasteiger partial charge < -0.3 is 5.73 Å². The second-order valence-corrected chi connectivity index (χ2v) is 5.41. The number of rotatable bonds is 3. The van der Waals surface area contributed by atoms with Crippen molar-refractivity contribution >= 4 is 0 Å². The van der Waals surface area contributed by atoms with Crippen LogP contribution in [-0.4, -0.2) is 0 Å². The highest BCUT2D eigenvalue weighted by Crippen LogP contribution is 2.29. The molecule has 0 aromatic heterocycles. The lowest BCUT2D eigenvalue weighted by Gasteiger charge is -2.14. The molecule has 2 rings (SSSR count). The zero-order valence-corrected chi connectivity index (χ0v) is 12.3. The summed E-state index contributed by atoms with van der Waals surface area (Å²) in [5.74, 6) is 0. The summed E-state index contributed by atoms with van der Waals surface area (Å²) in [6.07, 6.45) is 0.974. The van der Waals surface area contributed by atoms with Gasteiger partial charge in [-0.2, -0.15) is 0 Å². The van der Waals surface area contributed by atoms with Crippen LogP contribution in [-0.2, 0) is 0 Å². The Bertz CT molecular complexity index is 544. The van der Waals surface area contributed by atoms with Gasteiger partial charge in [-0.25, -0.2) is 0 Å². The minimum absolute atomic E-state index is 0.147. The van der Waals surface area contributed by atoms with Crippen molar-refractivity contribution in [1.82, 2.24) is 0 Å². The topological polar surface area (TPSA) is 26.0 Å². The molecule has 0 saturated heterocycles. The summed E-state index contributed by atoms with van der Waals surface area (Å²) in [5.41, 5.74) is 13.9. The summed E-state index contributed by atoms with van der Waals surface area (Å²) in [4.78, 5) is 0. The summed E-state index contributed by atoms with van der Waals surface area (Å²) < 4.78 is 0. The summed E-state index contributed by atoms with van der Waals surface area (Å²) in [7, 11) is 0. The van der Waals surface area contributed by atoms with E-state index >= 15 is 0 Å². The SMILES string of the molecule is CCC(N)c1ccc(-c2c(C)cc(C)cc2C)cc1. The molecule has 0 amide bonds. The number of hydrogen-bond donors (Lipinski definition) is 1. The first-order valence-electron chi connectivity index (χ1n) is 6.96. The fourth-order valence-electron chi connectivity index (χ4n) is 2.77. The molecule has 1 nitrogen and oxygen atoms in total. The van der Waals surface area contributed by atoms with E-state index in [0.717, 1.165) is 6.42 Å². The van der Waals surface area contributed by atoms with Crippen LogP contribution in [0.25, 0.3) is 11.1 Å². The van der Waals surface area contributed by atoms with Gasteiger partial charge in [0, 0.05) is 6.04 Å². The van der Waals surface area contributed by atoms with Crippen molar-refractivity contribution in [2.24, 2.45) is 5.73 Å². The van der Waals surface area contributed by atoms with Gasteiger partial charge in [-0.05, 0) is 55.0 Å². The van der Waals surface area contributed by atoms with Gasteiger partial charge in [-0.3, -0.25) is 0 Å². The van der Waals surface area contributed by atoms with E-state index in [-0.39, 0.29) is 6.04 Å². The molecule has 0 heterocycles. The monoisotopic (exact) mass is 253 g/mol. The fraction of sp³-hybridized carbons (Fsp3) is 0.333. The molecular formula is C18H23N. The molecule has 0 aliphatic rings. The van der Waals surface area contributed by atoms with Crippen LogP contribution >= 0.6 is 0 Å². The Morgan fingerprint density at radius 2 is 1.47 bits per heavy atom. The van der Waals surface area contributed by atoms with Crippen molar-refractivity contribution < 1.29 is 0 Å². The van der Waals surface area contributed by atoms with E-state index in [0.29, 0.717) is 0 Å². The van der Waals surface area contributed by atoms with E-state index in [2.05, 4.69) is 64.1 Å². The normalized spacial score (nSPS) is 12.5. The van der Waals surface area contributed by atoms with E-state index in [1.54, 1.807) is 0 Å². The van der Waals surface area contributed by atoms with Crippen LogP contribution in [0.15, 0.2) is 36.4 Å². The first-order valence-corrected chi connectivity index (χ1v) is 6.96. The van der Waals surface area contributed by atoms with Crippen molar-refractivity contribution in [3.05, 3.63) is 58.7 Å².